The van der Waals surface area contributed by atoms with E-state index in [2.05, 4.69) is 22.4 Å². The second-order valence-electron chi connectivity index (χ2n) is 5.56. The van der Waals surface area contributed by atoms with Crippen molar-refractivity contribution in [3.05, 3.63) is 71.7 Å². The van der Waals surface area contributed by atoms with Crippen LogP contribution in [0.5, 0.6) is 5.75 Å². The summed E-state index contributed by atoms with van der Waals surface area (Å²) in [6, 6.07) is 19.8. The van der Waals surface area contributed by atoms with E-state index in [1.54, 1.807) is 11.8 Å². The summed E-state index contributed by atoms with van der Waals surface area (Å²) in [5, 5.41) is 5.51. The van der Waals surface area contributed by atoms with Gasteiger partial charge in [0, 0.05) is 22.4 Å². The highest BCUT2D eigenvalue weighted by Crippen LogP contribution is 2.24. The molecule has 0 aliphatic heterocycles. The molecule has 0 spiro atoms. The number of carbonyl (C=O) groups is 1. The first kappa shape index (κ1) is 18.5. The topological polar surface area (TPSA) is 51.2 Å². The highest BCUT2D eigenvalue weighted by Gasteiger charge is 2.07. The fraction of sp³-hybridized carbons (Fsp3) is 0.200. The van der Waals surface area contributed by atoms with Gasteiger partial charge in [-0.3, -0.25) is 4.79 Å². The predicted octanol–water partition coefficient (Wildman–Crippen LogP) is 5.23. The van der Waals surface area contributed by atoms with Crippen LogP contribution >= 0.6 is 23.1 Å². The van der Waals surface area contributed by atoms with E-state index in [4.69, 9.17) is 4.74 Å². The van der Waals surface area contributed by atoms with Gasteiger partial charge in [0.2, 0.25) is 5.91 Å². The summed E-state index contributed by atoms with van der Waals surface area (Å²) in [5.41, 5.74) is 0.978. The van der Waals surface area contributed by atoms with Gasteiger partial charge in [-0.15, -0.1) is 23.1 Å². The number of nitrogens with one attached hydrogen (secondary N) is 1. The molecule has 0 aliphatic carbocycles. The summed E-state index contributed by atoms with van der Waals surface area (Å²) in [5.74, 6) is 1.59. The van der Waals surface area contributed by atoms with Crippen molar-refractivity contribution < 1.29 is 9.53 Å². The van der Waals surface area contributed by atoms with Crippen LogP contribution in [-0.4, -0.2) is 17.5 Å². The molecule has 6 heteroatoms. The van der Waals surface area contributed by atoms with E-state index in [0.29, 0.717) is 24.6 Å². The molecule has 4 nitrogen and oxygen atoms in total. The van der Waals surface area contributed by atoms with Crippen LogP contribution in [0.25, 0.3) is 0 Å². The van der Waals surface area contributed by atoms with Crippen LogP contribution in [-0.2, 0) is 10.5 Å². The maximum atomic E-state index is 12.0. The maximum Gasteiger partial charge on any atom is 0.226 e. The Balaban J connectivity index is 1.36. The molecule has 1 N–H and O–H groups in total. The first-order chi connectivity index (χ1) is 12.8. The summed E-state index contributed by atoms with van der Waals surface area (Å²) in [6.45, 7) is 0.522. The Labute approximate surface area is 161 Å². The van der Waals surface area contributed by atoms with Gasteiger partial charge >= 0.3 is 0 Å². The minimum Gasteiger partial charge on any atom is -0.494 e. The average Bonchev–Trinajstić information content (AvgIpc) is 3.12. The van der Waals surface area contributed by atoms with Crippen LogP contribution in [0, 0.1) is 0 Å². The number of anilines is 1. The molecule has 0 radical (unpaired) electrons. The summed E-state index contributed by atoms with van der Waals surface area (Å²) in [6.07, 6.45) is 1.09. The molecule has 0 bridgehead atoms. The van der Waals surface area contributed by atoms with Crippen LogP contribution in [0.15, 0.2) is 70.9 Å². The van der Waals surface area contributed by atoms with Gasteiger partial charge in [-0.1, -0.05) is 36.4 Å². The van der Waals surface area contributed by atoms with Crippen LogP contribution in [0.3, 0.4) is 0 Å². The van der Waals surface area contributed by atoms with Crippen molar-refractivity contribution in [1.82, 2.24) is 4.98 Å². The predicted molar refractivity (Wildman–Crippen MR) is 108 cm³/mol. The zero-order chi connectivity index (χ0) is 18.0. The minimum atomic E-state index is -0.0294. The molecule has 26 heavy (non-hydrogen) atoms. The Bertz CT molecular complexity index is 807. The number of amides is 1. The molecule has 0 atom stereocenters. The van der Waals surface area contributed by atoms with Crippen LogP contribution in [0.2, 0.25) is 0 Å². The number of ether oxygens (including phenoxy) is 1. The van der Waals surface area contributed by atoms with E-state index in [1.165, 1.54) is 16.2 Å². The van der Waals surface area contributed by atoms with Crippen molar-refractivity contribution in [1.29, 1.82) is 0 Å². The lowest BCUT2D eigenvalue weighted by molar-refractivity contribution is -0.116. The Hall–Kier alpha value is -2.31. The Morgan fingerprint density at radius 3 is 2.58 bits per heavy atom. The van der Waals surface area contributed by atoms with Gasteiger partial charge in [-0.25, -0.2) is 4.98 Å². The normalized spacial score (nSPS) is 10.5. The van der Waals surface area contributed by atoms with Gasteiger partial charge in [0.1, 0.15) is 5.75 Å². The van der Waals surface area contributed by atoms with Gasteiger partial charge in [0.25, 0.3) is 0 Å². The fourth-order valence-corrected chi connectivity index (χ4v) is 3.87. The smallest absolute Gasteiger partial charge is 0.226 e. The van der Waals surface area contributed by atoms with E-state index >= 15 is 0 Å². The van der Waals surface area contributed by atoms with Crippen LogP contribution < -0.4 is 10.1 Å². The number of hydrogen-bond donors (Lipinski definition) is 1. The second kappa shape index (κ2) is 9.99. The molecular formula is C20H20N2O2S2. The van der Waals surface area contributed by atoms with E-state index in [0.717, 1.165) is 17.2 Å². The Morgan fingerprint density at radius 2 is 1.81 bits per heavy atom. The van der Waals surface area contributed by atoms with E-state index in [-0.39, 0.29) is 5.91 Å². The summed E-state index contributed by atoms with van der Waals surface area (Å²) < 4.78 is 5.59. The zero-order valence-corrected chi connectivity index (χ0v) is 15.9. The monoisotopic (exact) mass is 384 g/mol. The molecule has 2 aromatic carbocycles. The van der Waals surface area contributed by atoms with Crippen molar-refractivity contribution in [3.8, 4) is 5.75 Å². The summed E-state index contributed by atoms with van der Waals surface area (Å²) >= 11 is 3.20. The molecule has 0 aliphatic rings. The van der Waals surface area contributed by atoms with Gasteiger partial charge in [-0.05, 0) is 30.7 Å². The summed E-state index contributed by atoms with van der Waals surface area (Å²) in [7, 11) is 0. The quantitative estimate of drug-likeness (QED) is 0.405. The average molecular weight is 385 g/mol. The lowest BCUT2D eigenvalue weighted by Gasteiger charge is -2.05. The molecule has 3 rings (SSSR count). The van der Waals surface area contributed by atoms with Crippen LogP contribution in [0.4, 0.5) is 5.13 Å². The molecule has 0 unspecified atom stereocenters. The maximum absolute atomic E-state index is 12.0. The van der Waals surface area contributed by atoms with Gasteiger partial charge in [-0.2, -0.15) is 0 Å². The van der Waals surface area contributed by atoms with Crippen molar-refractivity contribution in [2.75, 3.05) is 11.9 Å². The molecule has 1 heterocycles. The number of aromatic nitrogens is 1. The van der Waals surface area contributed by atoms with Crippen LogP contribution in [0.1, 0.15) is 18.5 Å². The number of nitrogens with zero attached hydrogens (tertiary/aromatic N) is 1. The van der Waals surface area contributed by atoms with E-state index in [9.17, 15) is 4.79 Å². The molecule has 134 valence electrons. The minimum absolute atomic E-state index is 0.0294. The fourth-order valence-electron chi connectivity index (χ4n) is 2.23. The number of carbonyl (C=O) groups excluding carboxylic acids is 1. The molecule has 3 aromatic rings. The first-order valence-corrected chi connectivity index (χ1v) is 10.3. The second-order valence-corrected chi connectivity index (χ2v) is 7.47. The SMILES string of the molecule is O=C(CCCOc1ccccc1)Nc1nc(CSc2ccccc2)cs1. The number of benzene rings is 2. The van der Waals surface area contributed by atoms with Crippen molar-refractivity contribution in [3.63, 3.8) is 0 Å². The Morgan fingerprint density at radius 1 is 1.08 bits per heavy atom. The molecule has 0 saturated carbocycles. The lowest BCUT2D eigenvalue weighted by atomic mass is 10.3. The van der Waals surface area contributed by atoms with E-state index in [1.807, 2.05) is 53.9 Å². The number of thioether (sulfide) groups is 1. The molecular weight excluding hydrogens is 364 g/mol. The van der Waals surface area contributed by atoms with Crippen molar-refractivity contribution >= 4 is 34.1 Å². The van der Waals surface area contributed by atoms with Gasteiger partial charge in [0.15, 0.2) is 5.13 Å². The highest BCUT2D eigenvalue weighted by molar-refractivity contribution is 7.98. The largest absolute Gasteiger partial charge is 0.494 e. The number of thiazole rings is 1. The molecule has 0 saturated heterocycles. The third-order valence-electron chi connectivity index (χ3n) is 3.49. The third kappa shape index (κ3) is 6.20. The highest BCUT2D eigenvalue weighted by atomic mass is 32.2. The molecule has 1 aromatic heterocycles. The Kier molecular flexibility index (Phi) is 7.10. The van der Waals surface area contributed by atoms with E-state index < -0.39 is 0 Å². The number of para-hydroxylation sites is 1. The lowest BCUT2D eigenvalue weighted by Crippen LogP contribution is -2.12. The van der Waals surface area contributed by atoms with Crippen molar-refractivity contribution in [2.24, 2.45) is 0 Å². The molecule has 0 fully saturated rings. The number of hydrogen-bond acceptors (Lipinski definition) is 5. The first-order valence-electron chi connectivity index (χ1n) is 8.39. The summed E-state index contributed by atoms with van der Waals surface area (Å²) in [4.78, 5) is 17.7. The standard InChI is InChI=1S/C20H20N2O2S2/c23-19(12-7-13-24-17-8-3-1-4-9-17)22-20-21-16(15-26-20)14-25-18-10-5-2-6-11-18/h1-6,8-11,15H,7,12-14H2,(H,21,22,23). The third-order valence-corrected chi connectivity index (χ3v) is 5.34. The van der Waals surface area contributed by atoms with Crippen molar-refractivity contribution in [2.45, 2.75) is 23.5 Å². The van der Waals surface area contributed by atoms with Gasteiger partial charge < -0.3 is 10.1 Å². The molecule has 1 amide bonds. The number of rotatable bonds is 9. The zero-order valence-electron chi connectivity index (χ0n) is 14.3. The van der Waals surface area contributed by atoms with Gasteiger partial charge in [0.05, 0.1) is 12.3 Å².